The van der Waals surface area contributed by atoms with Gasteiger partial charge in [0.1, 0.15) is 0 Å². The van der Waals surface area contributed by atoms with Gasteiger partial charge in [-0.25, -0.2) is 4.98 Å². The molecular weight excluding hydrogens is 178 g/mol. The molecular formula is C10H11N3O. The van der Waals surface area contributed by atoms with Gasteiger partial charge in [-0.3, -0.25) is 0 Å². The number of nitrogens with two attached hydrogens (primary N) is 1. The highest BCUT2D eigenvalue weighted by atomic mass is 16.3. The quantitative estimate of drug-likeness (QED) is 0.737. The Hall–Kier alpha value is -1.42. The van der Waals surface area contributed by atoms with E-state index in [1.165, 1.54) is 0 Å². The number of hydrogen-bond acceptors (Lipinski definition) is 4. The molecule has 72 valence electrons. The molecule has 1 aliphatic rings. The maximum absolute atomic E-state index is 5.72. The molecule has 0 radical (unpaired) electrons. The second kappa shape index (κ2) is 2.78. The first-order valence-corrected chi connectivity index (χ1v) is 4.80. The number of nitrogens with zero attached hydrogens (tertiary/aromatic N) is 2. The summed E-state index contributed by atoms with van der Waals surface area (Å²) in [6, 6.07) is 4.06. The fourth-order valence-corrected chi connectivity index (χ4v) is 1.82. The van der Waals surface area contributed by atoms with Crippen LogP contribution in [0.1, 0.15) is 24.7 Å². The molecule has 0 bridgehead atoms. The summed E-state index contributed by atoms with van der Waals surface area (Å²) in [6.07, 6.45) is 3.68. The molecule has 1 fully saturated rings. The van der Waals surface area contributed by atoms with Crippen molar-refractivity contribution >= 4 is 11.2 Å². The van der Waals surface area contributed by atoms with Gasteiger partial charge >= 0.3 is 0 Å². The molecule has 2 N–H and O–H groups in total. The van der Waals surface area contributed by atoms with E-state index in [9.17, 15) is 0 Å². The Bertz CT molecular complexity index is 426. The predicted molar refractivity (Wildman–Crippen MR) is 51.8 cm³/mol. The van der Waals surface area contributed by atoms with Gasteiger partial charge in [-0.1, -0.05) is 0 Å². The van der Waals surface area contributed by atoms with E-state index < -0.39 is 0 Å². The van der Waals surface area contributed by atoms with E-state index in [0.717, 1.165) is 24.3 Å². The predicted octanol–water partition coefficient (Wildman–Crippen LogP) is 1.43. The van der Waals surface area contributed by atoms with Gasteiger partial charge in [-0.05, 0) is 25.0 Å². The van der Waals surface area contributed by atoms with Crippen LogP contribution in [0, 0.1) is 0 Å². The fraction of sp³-hybridized carbons (Fsp3) is 0.400. The van der Waals surface area contributed by atoms with Gasteiger partial charge in [0, 0.05) is 18.2 Å². The zero-order valence-electron chi connectivity index (χ0n) is 7.68. The number of aromatic nitrogens is 2. The van der Waals surface area contributed by atoms with E-state index in [4.69, 9.17) is 10.2 Å². The highest BCUT2D eigenvalue weighted by Crippen LogP contribution is 2.35. The number of oxazole rings is 1. The molecule has 2 aromatic heterocycles. The topological polar surface area (TPSA) is 64.9 Å². The van der Waals surface area contributed by atoms with Crippen molar-refractivity contribution in [2.24, 2.45) is 5.73 Å². The van der Waals surface area contributed by atoms with Crippen molar-refractivity contribution in [1.82, 2.24) is 9.97 Å². The van der Waals surface area contributed by atoms with Gasteiger partial charge < -0.3 is 10.2 Å². The standard InChI is InChI=1S/C10H11N3O/c11-7-4-6(5-7)10-13-9-8(14-10)2-1-3-12-9/h1-3,6-7H,4-5,11H2. The van der Waals surface area contributed by atoms with Crippen LogP contribution >= 0.6 is 0 Å². The van der Waals surface area contributed by atoms with Crippen LogP contribution in [-0.4, -0.2) is 16.0 Å². The van der Waals surface area contributed by atoms with Crippen LogP contribution < -0.4 is 5.73 Å². The zero-order valence-corrected chi connectivity index (χ0v) is 7.68. The van der Waals surface area contributed by atoms with Crippen molar-refractivity contribution in [2.45, 2.75) is 24.8 Å². The highest BCUT2D eigenvalue weighted by molar-refractivity contribution is 5.67. The highest BCUT2D eigenvalue weighted by Gasteiger charge is 2.31. The van der Waals surface area contributed by atoms with Crippen LogP contribution in [0.25, 0.3) is 11.2 Å². The minimum absolute atomic E-state index is 0.322. The lowest BCUT2D eigenvalue weighted by Gasteiger charge is -2.29. The molecule has 14 heavy (non-hydrogen) atoms. The summed E-state index contributed by atoms with van der Waals surface area (Å²) in [6.45, 7) is 0. The van der Waals surface area contributed by atoms with Crippen molar-refractivity contribution in [3.8, 4) is 0 Å². The summed E-state index contributed by atoms with van der Waals surface area (Å²) in [5, 5.41) is 0. The average molecular weight is 189 g/mol. The molecule has 0 saturated heterocycles. The maximum Gasteiger partial charge on any atom is 0.200 e. The first kappa shape index (κ1) is 7.94. The van der Waals surface area contributed by atoms with Gasteiger partial charge in [0.25, 0.3) is 0 Å². The Balaban J connectivity index is 1.99. The Kier molecular flexibility index (Phi) is 1.58. The molecule has 0 spiro atoms. The average Bonchev–Trinajstić information content (AvgIpc) is 2.55. The van der Waals surface area contributed by atoms with Crippen molar-refractivity contribution in [2.75, 3.05) is 0 Å². The normalized spacial score (nSPS) is 26.4. The fourth-order valence-electron chi connectivity index (χ4n) is 1.82. The first-order valence-electron chi connectivity index (χ1n) is 4.80. The minimum Gasteiger partial charge on any atom is -0.439 e. The van der Waals surface area contributed by atoms with Crippen LogP contribution in [-0.2, 0) is 0 Å². The van der Waals surface area contributed by atoms with Gasteiger partial charge in [0.2, 0.25) is 0 Å². The summed E-state index contributed by atoms with van der Waals surface area (Å²) in [5.74, 6) is 1.19. The van der Waals surface area contributed by atoms with Crippen LogP contribution in [0.15, 0.2) is 22.7 Å². The molecule has 0 aliphatic heterocycles. The van der Waals surface area contributed by atoms with E-state index in [2.05, 4.69) is 9.97 Å². The summed E-state index contributed by atoms with van der Waals surface area (Å²) in [4.78, 5) is 8.46. The maximum atomic E-state index is 5.72. The second-order valence-corrected chi connectivity index (χ2v) is 3.81. The molecule has 0 amide bonds. The number of hydrogen-bond donors (Lipinski definition) is 1. The SMILES string of the molecule is NC1CC(c2nc3ncccc3o2)C1. The second-order valence-electron chi connectivity index (χ2n) is 3.81. The van der Waals surface area contributed by atoms with E-state index in [1.807, 2.05) is 12.1 Å². The molecule has 1 saturated carbocycles. The van der Waals surface area contributed by atoms with E-state index >= 15 is 0 Å². The monoisotopic (exact) mass is 189 g/mol. The third kappa shape index (κ3) is 1.11. The first-order chi connectivity index (χ1) is 6.83. The van der Waals surface area contributed by atoms with Gasteiger partial charge in [0.05, 0.1) is 0 Å². The molecule has 0 atom stereocenters. The van der Waals surface area contributed by atoms with Gasteiger partial charge in [-0.2, -0.15) is 4.98 Å². The summed E-state index contributed by atoms with van der Waals surface area (Å²) in [7, 11) is 0. The third-order valence-corrected chi connectivity index (χ3v) is 2.71. The molecule has 0 unspecified atom stereocenters. The summed E-state index contributed by atoms with van der Waals surface area (Å²) >= 11 is 0. The van der Waals surface area contributed by atoms with Crippen molar-refractivity contribution in [3.05, 3.63) is 24.2 Å². The van der Waals surface area contributed by atoms with E-state index in [0.29, 0.717) is 17.6 Å². The van der Waals surface area contributed by atoms with E-state index in [-0.39, 0.29) is 0 Å². The molecule has 0 aromatic carbocycles. The van der Waals surface area contributed by atoms with Gasteiger partial charge in [0.15, 0.2) is 17.1 Å². The summed E-state index contributed by atoms with van der Waals surface area (Å²) < 4.78 is 5.59. The molecule has 3 rings (SSSR count). The van der Waals surface area contributed by atoms with Crippen LogP contribution in [0.4, 0.5) is 0 Å². The summed E-state index contributed by atoms with van der Waals surface area (Å²) in [5.41, 5.74) is 7.18. The van der Waals surface area contributed by atoms with Crippen LogP contribution in [0.3, 0.4) is 0 Å². The van der Waals surface area contributed by atoms with Crippen LogP contribution in [0.5, 0.6) is 0 Å². The lowest BCUT2D eigenvalue weighted by molar-refractivity contribution is 0.299. The van der Waals surface area contributed by atoms with Gasteiger partial charge in [-0.15, -0.1) is 0 Å². The Labute approximate surface area is 81.1 Å². The number of fused-ring (bicyclic) bond motifs is 1. The van der Waals surface area contributed by atoms with Crippen molar-refractivity contribution < 1.29 is 4.42 Å². The number of pyridine rings is 1. The smallest absolute Gasteiger partial charge is 0.200 e. The minimum atomic E-state index is 0.322. The molecule has 2 heterocycles. The molecule has 4 heteroatoms. The van der Waals surface area contributed by atoms with E-state index in [1.54, 1.807) is 6.20 Å². The molecule has 2 aromatic rings. The lowest BCUT2D eigenvalue weighted by atomic mass is 9.81. The van der Waals surface area contributed by atoms with Crippen molar-refractivity contribution in [3.63, 3.8) is 0 Å². The Morgan fingerprint density at radius 3 is 3.00 bits per heavy atom. The van der Waals surface area contributed by atoms with Crippen LogP contribution in [0.2, 0.25) is 0 Å². The largest absolute Gasteiger partial charge is 0.439 e. The van der Waals surface area contributed by atoms with Crippen molar-refractivity contribution in [1.29, 1.82) is 0 Å². The third-order valence-electron chi connectivity index (χ3n) is 2.71. The molecule has 1 aliphatic carbocycles. The lowest BCUT2D eigenvalue weighted by Crippen LogP contribution is -2.34. The number of rotatable bonds is 1. The Morgan fingerprint density at radius 1 is 1.43 bits per heavy atom. The Morgan fingerprint density at radius 2 is 2.29 bits per heavy atom. The zero-order chi connectivity index (χ0) is 9.54. The molecule has 4 nitrogen and oxygen atoms in total.